The lowest BCUT2D eigenvalue weighted by atomic mass is 9.87. The second kappa shape index (κ2) is 4.89. The summed E-state index contributed by atoms with van der Waals surface area (Å²) in [7, 11) is 1.32. The molecule has 1 heterocycles. The van der Waals surface area contributed by atoms with Crippen LogP contribution in [0.4, 0.5) is 14.5 Å². The van der Waals surface area contributed by atoms with Crippen molar-refractivity contribution >= 4 is 27.5 Å². The largest absolute Gasteiger partial charge is 0.359 e. The molecule has 2 aromatic rings. The Morgan fingerprint density at radius 1 is 1.14 bits per heavy atom. The fourth-order valence-corrected chi connectivity index (χ4v) is 2.93. The molecule has 2 aromatic carbocycles. The Hall–Kier alpha value is -1.79. The molecule has 108 valence electrons. The molecule has 0 fully saturated rings. The van der Waals surface area contributed by atoms with Crippen molar-refractivity contribution in [2.45, 2.75) is 5.60 Å². The van der Waals surface area contributed by atoms with Crippen molar-refractivity contribution in [1.29, 1.82) is 0 Å². The van der Waals surface area contributed by atoms with Crippen LogP contribution in [0.15, 0.2) is 40.9 Å². The number of fused-ring (bicyclic) bond motifs is 1. The molecule has 1 unspecified atom stereocenters. The van der Waals surface area contributed by atoms with Crippen LogP contribution in [0.25, 0.3) is 0 Å². The highest BCUT2D eigenvalue weighted by Crippen LogP contribution is 2.46. The molecule has 6 heteroatoms. The third-order valence-corrected chi connectivity index (χ3v) is 4.18. The van der Waals surface area contributed by atoms with Crippen LogP contribution in [0.2, 0.25) is 0 Å². The van der Waals surface area contributed by atoms with Gasteiger partial charge in [0.15, 0.2) is 0 Å². The van der Waals surface area contributed by atoms with Crippen molar-refractivity contribution in [3.05, 3.63) is 63.6 Å². The van der Waals surface area contributed by atoms with Gasteiger partial charge in [-0.2, -0.15) is 0 Å². The van der Waals surface area contributed by atoms with Gasteiger partial charge < -0.3 is 10.1 Å². The summed E-state index contributed by atoms with van der Waals surface area (Å²) in [4.78, 5) is 12.4. The smallest absolute Gasteiger partial charge is 0.266 e. The molecule has 0 radical (unpaired) electrons. The summed E-state index contributed by atoms with van der Waals surface area (Å²) >= 11 is 3.10. The molecular formula is C15H10BrF2NO2. The number of benzene rings is 2. The maximum absolute atomic E-state index is 14.5. The van der Waals surface area contributed by atoms with Gasteiger partial charge in [-0.3, -0.25) is 4.79 Å². The lowest BCUT2D eigenvalue weighted by Crippen LogP contribution is -2.38. The first-order valence-corrected chi connectivity index (χ1v) is 6.91. The van der Waals surface area contributed by atoms with E-state index in [9.17, 15) is 13.6 Å². The molecule has 0 spiro atoms. The van der Waals surface area contributed by atoms with E-state index in [4.69, 9.17) is 4.74 Å². The SMILES string of the molecule is COC1(c2ccc(F)cc2)C(=O)Nc2ccc(Br)c(F)c21. The quantitative estimate of drug-likeness (QED) is 0.896. The fraction of sp³-hybridized carbons (Fsp3) is 0.133. The van der Waals surface area contributed by atoms with E-state index < -0.39 is 23.1 Å². The van der Waals surface area contributed by atoms with E-state index in [1.165, 1.54) is 37.4 Å². The average Bonchev–Trinajstić information content (AvgIpc) is 2.77. The molecule has 21 heavy (non-hydrogen) atoms. The number of amides is 1. The third-order valence-electron chi connectivity index (χ3n) is 3.57. The minimum absolute atomic E-state index is 0.0935. The molecule has 0 saturated heterocycles. The first-order valence-electron chi connectivity index (χ1n) is 6.12. The van der Waals surface area contributed by atoms with Gasteiger partial charge in [0.2, 0.25) is 5.60 Å². The number of nitrogens with one attached hydrogen (secondary N) is 1. The van der Waals surface area contributed by atoms with Gasteiger partial charge in [0.1, 0.15) is 11.6 Å². The van der Waals surface area contributed by atoms with Crippen molar-refractivity contribution in [1.82, 2.24) is 0 Å². The molecule has 0 bridgehead atoms. The summed E-state index contributed by atoms with van der Waals surface area (Å²) < 4.78 is 33.3. The number of hydrogen-bond acceptors (Lipinski definition) is 2. The maximum Gasteiger partial charge on any atom is 0.266 e. The van der Waals surface area contributed by atoms with Gasteiger partial charge in [-0.25, -0.2) is 8.78 Å². The van der Waals surface area contributed by atoms with Crippen LogP contribution in [0, 0.1) is 11.6 Å². The molecule has 1 aliphatic heterocycles. The Labute approximate surface area is 128 Å². The molecule has 3 nitrogen and oxygen atoms in total. The van der Waals surface area contributed by atoms with E-state index in [0.29, 0.717) is 11.3 Å². The topological polar surface area (TPSA) is 38.3 Å². The van der Waals surface area contributed by atoms with Gasteiger partial charge in [-0.15, -0.1) is 0 Å². The first-order chi connectivity index (χ1) is 10.0. The molecule has 1 atom stereocenters. The second-order valence-corrected chi connectivity index (χ2v) is 5.48. The molecule has 1 amide bonds. The van der Waals surface area contributed by atoms with Crippen molar-refractivity contribution in [2.75, 3.05) is 12.4 Å². The van der Waals surface area contributed by atoms with E-state index >= 15 is 0 Å². The molecule has 0 aliphatic carbocycles. The number of carbonyl (C=O) groups excluding carboxylic acids is 1. The van der Waals surface area contributed by atoms with Crippen LogP contribution in [0.5, 0.6) is 0 Å². The first kappa shape index (κ1) is 14.2. The molecule has 1 aliphatic rings. The summed E-state index contributed by atoms with van der Waals surface area (Å²) in [6.45, 7) is 0. The van der Waals surface area contributed by atoms with Crippen LogP contribution >= 0.6 is 15.9 Å². The normalized spacial score (nSPS) is 20.3. The van der Waals surface area contributed by atoms with Crippen molar-refractivity contribution in [3.63, 3.8) is 0 Å². The number of ether oxygens (including phenoxy) is 1. The van der Waals surface area contributed by atoms with E-state index in [-0.39, 0.29) is 10.0 Å². The minimum atomic E-state index is -1.63. The molecular weight excluding hydrogens is 344 g/mol. The highest BCUT2D eigenvalue weighted by atomic mass is 79.9. The van der Waals surface area contributed by atoms with Crippen LogP contribution in [0.1, 0.15) is 11.1 Å². The average molecular weight is 354 g/mol. The standard InChI is InChI=1S/C15H10BrF2NO2/c1-21-15(8-2-4-9(17)5-3-8)12-11(19-14(15)20)7-6-10(16)13(12)18/h2-7H,1H3,(H,19,20). The van der Waals surface area contributed by atoms with Gasteiger partial charge >= 0.3 is 0 Å². The molecule has 1 N–H and O–H groups in total. The fourth-order valence-electron chi connectivity index (χ4n) is 2.60. The third kappa shape index (κ3) is 1.90. The van der Waals surface area contributed by atoms with E-state index in [0.717, 1.165) is 0 Å². The lowest BCUT2D eigenvalue weighted by Gasteiger charge is -2.26. The summed E-state index contributed by atoms with van der Waals surface area (Å²) in [6, 6.07) is 8.33. The predicted octanol–water partition coefficient (Wildman–Crippen LogP) is 3.57. The summed E-state index contributed by atoms with van der Waals surface area (Å²) in [5.74, 6) is -1.54. The lowest BCUT2D eigenvalue weighted by molar-refractivity contribution is -0.132. The number of carbonyl (C=O) groups is 1. The van der Waals surface area contributed by atoms with E-state index in [1.807, 2.05) is 0 Å². The van der Waals surface area contributed by atoms with Gasteiger partial charge in [-0.05, 0) is 45.8 Å². The van der Waals surface area contributed by atoms with Crippen LogP contribution < -0.4 is 5.32 Å². The highest BCUT2D eigenvalue weighted by molar-refractivity contribution is 9.10. The molecule has 0 aromatic heterocycles. The summed E-state index contributed by atoms with van der Waals surface area (Å²) in [5.41, 5.74) is -0.834. The van der Waals surface area contributed by atoms with Crippen LogP contribution in [-0.2, 0) is 15.1 Å². The zero-order chi connectivity index (χ0) is 15.2. The van der Waals surface area contributed by atoms with Crippen molar-refractivity contribution in [3.8, 4) is 0 Å². The van der Waals surface area contributed by atoms with E-state index in [1.54, 1.807) is 6.07 Å². The highest BCUT2D eigenvalue weighted by Gasteiger charge is 2.51. The summed E-state index contributed by atoms with van der Waals surface area (Å²) in [6.07, 6.45) is 0. The Bertz CT molecular complexity index is 733. The zero-order valence-corrected chi connectivity index (χ0v) is 12.5. The monoisotopic (exact) mass is 353 g/mol. The Morgan fingerprint density at radius 3 is 2.43 bits per heavy atom. The minimum Gasteiger partial charge on any atom is -0.359 e. The number of hydrogen-bond donors (Lipinski definition) is 1. The number of halogens is 3. The van der Waals surface area contributed by atoms with Gasteiger partial charge in [0.05, 0.1) is 15.7 Å². The van der Waals surface area contributed by atoms with Gasteiger partial charge in [-0.1, -0.05) is 12.1 Å². The number of rotatable bonds is 2. The molecule has 0 saturated carbocycles. The summed E-state index contributed by atoms with van der Waals surface area (Å²) in [5, 5.41) is 2.60. The van der Waals surface area contributed by atoms with Gasteiger partial charge in [0, 0.05) is 7.11 Å². The van der Waals surface area contributed by atoms with Crippen LogP contribution in [-0.4, -0.2) is 13.0 Å². The second-order valence-electron chi connectivity index (χ2n) is 4.63. The zero-order valence-electron chi connectivity index (χ0n) is 10.9. The predicted molar refractivity (Wildman–Crippen MR) is 76.9 cm³/mol. The maximum atomic E-state index is 14.5. The van der Waals surface area contributed by atoms with Crippen molar-refractivity contribution < 1.29 is 18.3 Å². The Kier molecular flexibility index (Phi) is 3.30. The molecule has 3 rings (SSSR count). The Morgan fingerprint density at radius 2 is 1.81 bits per heavy atom. The van der Waals surface area contributed by atoms with Gasteiger partial charge in [0.25, 0.3) is 5.91 Å². The van der Waals surface area contributed by atoms with E-state index in [2.05, 4.69) is 21.2 Å². The number of anilines is 1. The van der Waals surface area contributed by atoms with Crippen molar-refractivity contribution in [2.24, 2.45) is 0 Å². The number of methoxy groups -OCH3 is 1. The Balaban J connectivity index is 2.31. The van der Waals surface area contributed by atoms with Crippen LogP contribution in [0.3, 0.4) is 0 Å².